The zero-order valence-electron chi connectivity index (χ0n) is 20.9. The van der Waals surface area contributed by atoms with Gasteiger partial charge in [-0.05, 0) is 72.5 Å². The van der Waals surface area contributed by atoms with Crippen LogP contribution >= 0.6 is 0 Å². The summed E-state index contributed by atoms with van der Waals surface area (Å²) in [5.74, 6) is 3.82. The van der Waals surface area contributed by atoms with Crippen molar-refractivity contribution in [1.82, 2.24) is 4.90 Å². The second-order valence-corrected chi connectivity index (χ2v) is 8.83. The number of fused-ring (bicyclic) bond motifs is 2. The van der Waals surface area contributed by atoms with Crippen LogP contribution < -0.4 is 18.9 Å². The molecule has 0 aliphatic carbocycles. The van der Waals surface area contributed by atoms with Gasteiger partial charge in [0.1, 0.15) is 11.5 Å². The van der Waals surface area contributed by atoms with E-state index in [0.29, 0.717) is 0 Å². The van der Waals surface area contributed by atoms with E-state index in [9.17, 15) is 0 Å². The fourth-order valence-electron chi connectivity index (χ4n) is 5.05. The van der Waals surface area contributed by atoms with E-state index in [1.807, 2.05) is 24.3 Å². The molecule has 0 spiro atoms. The maximum absolute atomic E-state index is 6.23. The van der Waals surface area contributed by atoms with Gasteiger partial charge in [0.25, 0.3) is 0 Å². The summed E-state index contributed by atoms with van der Waals surface area (Å²) in [7, 11) is 6.72. The summed E-state index contributed by atoms with van der Waals surface area (Å²) < 4.78 is 28.6. The Hall–Kier alpha value is -3.64. The predicted molar refractivity (Wildman–Crippen MR) is 137 cm³/mol. The van der Waals surface area contributed by atoms with Crippen LogP contribution in [-0.4, -0.2) is 39.9 Å². The van der Waals surface area contributed by atoms with Crippen LogP contribution in [0, 0.1) is 0 Å². The smallest absolute Gasteiger partial charge is 0.176 e. The van der Waals surface area contributed by atoms with Gasteiger partial charge in [-0.25, -0.2) is 0 Å². The highest BCUT2D eigenvalue weighted by atomic mass is 16.5. The first-order valence-electron chi connectivity index (χ1n) is 11.8. The number of ether oxygens (including phenoxy) is 4. The molecule has 0 amide bonds. The van der Waals surface area contributed by atoms with E-state index in [0.717, 1.165) is 64.8 Å². The number of para-hydroxylation sites is 1. The highest BCUT2D eigenvalue weighted by Crippen LogP contribution is 2.40. The minimum absolute atomic E-state index is 0.244. The molecule has 4 aromatic rings. The molecule has 1 atom stereocenters. The summed E-state index contributed by atoms with van der Waals surface area (Å²) in [5, 5.41) is 1.01. The summed E-state index contributed by atoms with van der Waals surface area (Å²) in [6.07, 6.45) is 0.961. The molecule has 1 aliphatic heterocycles. The van der Waals surface area contributed by atoms with E-state index >= 15 is 0 Å². The Balaban J connectivity index is 1.47. The minimum Gasteiger partial charge on any atom is -0.496 e. The van der Waals surface area contributed by atoms with Crippen molar-refractivity contribution in [2.24, 2.45) is 0 Å². The van der Waals surface area contributed by atoms with Crippen molar-refractivity contribution in [3.05, 3.63) is 71.3 Å². The van der Waals surface area contributed by atoms with Crippen molar-refractivity contribution in [3.8, 4) is 34.3 Å². The number of hydrogen-bond acceptors (Lipinski definition) is 6. The molecule has 0 saturated heterocycles. The molecule has 1 aliphatic rings. The van der Waals surface area contributed by atoms with Gasteiger partial charge in [0.15, 0.2) is 22.8 Å². The molecule has 0 saturated carbocycles. The molecule has 6 nitrogen and oxygen atoms in total. The number of methoxy groups -OCH3 is 4. The Morgan fingerprint density at radius 3 is 2.29 bits per heavy atom. The van der Waals surface area contributed by atoms with Crippen LogP contribution in [-0.2, 0) is 13.0 Å². The number of nitrogens with zero attached hydrogens (tertiary/aromatic N) is 1. The van der Waals surface area contributed by atoms with Crippen LogP contribution in [0.25, 0.3) is 22.3 Å². The van der Waals surface area contributed by atoms with Gasteiger partial charge in [-0.3, -0.25) is 4.90 Å². The van der Waals surface area contributed by atoms with Gasteiger partial charge in [-0.15, -0.1) is 0 Å². The molecule has 0 fully saturated rings. The average Bonchev–Trinajstić information content (AvgIpc) is 3.33. The first kappa shape index (κ1) is 23.1. The van der Waals surface area contributed by atoms with Crippen molar-refractivity contribution in [3.63, 3.8) is 0 Å². The van der Waals surface area contributed by atoms with Crippen LogP contribution in [0.3, 0.4) is 0 Å². The van der Waals surface area contributed by atoms with E-state index in [2.05, 4.69) is 42.2 Å². The van der Waals surface area contributed by atoms with Gasteiger partial charge in [0.05, 0.1) is 34.0 Å². The highest BCUT2D eigenvalue weighted by molar-refractivity contribution is 5.89. The number of rotatable bonds is 7. The summed E-state index contributed by atoms with van der Waals surface area (Å²) >= 11 is 0. The number of furan rings is 1. The quantitative estimate of drug-likeness (QED) is 0.316. The fraction of sp³-hybridized carbons (Fsp3) is 0.310. The lowest BCUT2D eigenvalue weighted by Gasteiger charge is -2.35. The molecular formula is C29H31NO5. The van der Waals surface area contributed by atoms with Crippen molar-refractivity contribution in [2.45, 2.75) is 25.9 Å². The molecule has 2 heterocycles. The third-order valence-electron chi connectivity index (χ3n) is 6.93. The van der Waals surface area contributed by atoms with Gasteiger partial charge in [-0.2, -0.15) is 0 Å². The summed E-state index contributed by atoms with van der Waals surface area (Å²) in [6, 6.07) is 18.7. The van der Waals surface area contributed by atoms with E-state index in [4.69, 9.17) is 23.4 Å². The standard InChI is InChI=1S/C29H31NO5/c1-18-23-16-27(33-4)26(32-3)14-20(23)10-11-30(18)17-19-12-21-15-25(35-29(21)28(13-19)34-5)22-8-6-7-9-24(22)31-2/h6-9,12-16,18H,10-11,17H2,1-5H3. The first-order chi connectivity index (χ1) is 17.1. The normalized spacial score (nSPS) is 15.6. The molecule has 35 heavy (non-hydrogen) atoms. The Bertz CT molecular complexity index is 1360. The van der Waals surface area contributed by atoms with Gasteiger partial charge in [0.2, 0.25) is 0 Å². The van der Waals surface area contributed by atoms with Crippen LogP contribution in [0.2, 0.25) is 0 Å². The molecule has 0 bridgehead atoms. The van der Waals surface area contributed by atoms with Crippen LogP contribution in [0.5, 0.6) is 23.0 Å². The average molecular weight is 474 g/mol. The molecule has 6 heteroatoms. The van der Waals surface area contributed by atoms with E-state index in [-0.39, 0.29) is 6.04 Å². The Kier molecular flexibility index (Phi) is 6.31. The Labute approximate surface area is 206 Å². The molecule has 3 aromatic carbocycles. The molecule has 1 unspecified atom stereocenters. The van der Waals surface area contributed by atoms with Crippen molar-refractivity contribution in [2.75, 3.05) is 35.0 Å². The minimum atomic E-state index is 0.244. The third kappa shape index (κ3) is 4.19. The maximum atomic E-state index is 6.23. The molecule has 1 aromatic heterocycles. The van der Waals surface area contributed by atoms with Gasteiger partial charge in [0, 0.05) is 24.5 Å². The third-order valence-corrected chi connectivity index (χ3v) is 6.93. The Morgan fingerprint density at radius 2 is 1.54 bits per heavy atom. The second-order valence-electron chi connectivity index (χ2n) is 8.83. The Morgan fingerprint density at radius 1 is 0.829 bits per heavy atom. The summed E-state index contributed by atoms with van der Waals surface area (Å²) in [6.45, 7) is 4.01. The summed E-state index contributed by atoms with van der Waals surface area (Å²) in [5.41, 5.74) is 5.43. The van der Waals surface area contributed by atoms with E-state index < -0.39 is 0 Å². The molecular weight excluding hydrogens is 442 g/mol. The largest absolute Gasteiger partial charge is 0.496 e. The summed E-state index contributed by atoms with van der Waals surface area (Å²) in [4.78, 5) is 2.48. The lowest BCUT2D eigenvalue weighted by atomic mass is 9.92. The second kappa shape index (κ2) is 9.55. The van der Waals surface area contributed by atoms with Crippen LogP contribution in [0.1, 0.15) is 29.7 Å². The van der Waals surface area contributed by atoms with Crippen molar-refractivity contribution >= 4 is 11.0 Å². The van der Waals surface area contributed by atoms with Gasteiger partial charge >= 0.3 is 0 Å². The maximum Gasteiger partial charge on any atom is 0.176 e. The van der Waals surface area contributed by atoms with E-state index in [1.165, 1.54) is 16.7 Å². The van der Waals surface area contributed by atoms with E-state index in [1.54, 1.807) is 28.4 Å². The monoisotopic (exact) mass is 473 g/mol. The van der Waals surface area contributed by atoms with Crippen LogP contribution in [0.4, 0.5) is 0 Å². The lowest BCUT2D eigenvalue weighted by molar-refractivity contribution is 0.188. The van der Waals surface area contributed by atoms with Gasteiger partial charge in [-0.1, -0.05) is 12.1 Å². The number of hydrogen-bond donors (Lipinski definition) is 0. The van der Waals surface area contributed by atoms with Gasteiger partial charge < -0.3 is 23.4 Å². The fourth-order valence-corrected chi connectivity index (χ4v) is 5.05. The molecule has 5 rings (SSSR count). The predicted octanol–water partition coefficient (Wildman–Crippen LogP) is 6.25. The topological polar surface area (TPSA) is 53.3 Å². The van der Waals surface area contributed by atoms with Crippen molar-refractivity contribution < 1.29 is 23.4 Å². The van der Waals surface area contributed by atoms with Crippen LogP contribution in [0.15, 0.2) is 59.0 Å². The zero-order chi connectivity index (χ0) is 24.5. The zero-order valence-corrected chi connectivity index (χ0v) is 20.9. The molecule has 182 valence electrons. The lowest BCUT2D eigenvalue weighted by Crippen LogP contribution is -2.33. The highest BCUT2D eigenvalue weighted by Gasteiger charge is 2.26. The SMILES string of the molecule is COc1cc2c(cc1OC)C(C)N(Cc1cc(OC)c3oc(-c4ccccc4OC)cc3c1)CC2. The molecule has 0 N–H and O–H groups in total. The van der Waals surface area contributed by atoms with Crippen molar-refractivity contribution in [1.29, 1.82) is 0 Å². The molecule has 0 radical (unpaired) electrons. The first-order valence-corrected chi connectivity index (χ1v) is 11.8. The number of benzene rings is 3.